The summed E-state index contributed by atoms with van der Waals surface area (Å²) >= 11 is 1.54. The zero-order valence-electron chi connectivity index (χ0n) is 12.1. The van der Waals surface area contributed by atoms with Crippen molar-refractivity contribution in [3.63, 3.8) is 0 Å². The summed E-state index contributed by atoms with van der Waals surface area (Å²) in [5.74, 6) is 0. The Hall–Kier alpha value is -3.03. The molecule has 23 heavy (non-hydrogen) atoms. The van der Waals surface area contributed by atoms with Gasteiger partial charge in [0.2, 0.25) is 0 Å². The van der Waals surface area contributed by atoms with E-state index in [1.807, 2.05) is 60.7 Å². The van der Waals surface area contributed by atoms with Crippen molar-refractivity contribution in [1.82, 2.24) is 9.97 Å². The fourth-order valence-electron chi connectivity index (χ4n) is 2.48. The van der Waals surface area contributed by atoms with E-state index in [1.54, 1.807) is 6.20 Å². The molecule has 0 bridgehead atoms. The molecule has 0 aliphatic carbocycles. The molecule has 0 spiro atoms. The number of thiazole rings is 1. The molecule has 0 radical (unpaired) electrons. The van der Waals surface area contributed by atoms with E-state index in [2.05, 4.69) is 16.0 Å². The average molecular weight is 313 g/mol. The first kappa shape index (κ1) is 13.6. The van der Waals surface area contributed by atoms with Crippen molar-refractivity contribution in [1.29, 1.82) is 5.26 Å². The van der Waals surface area contributed by atoms with Crippen LogP contribution in [0.15, 0.2) is 60.8 Å². The Morgan fingerprint density at radius 1 is 1.04 bits per heavy atom. The molecule has 4 heteroatoms. The average Bonchev–Trinajstić information content (AvgIpc) is 3.03. The number of benzene rings is 2. The summed E-state index contributed by atoms with van der Waals surface area (Å²) in [5, 5.41) is 11.3. The van der Waals surface area contributed by atoms with Gasteiger partial charge in [-0.05, 0) is 42.0 Å². The second kappa shape index (κ2) is 5.64. The van der Waals surface area contributed by atoms with E-state index in [9.17, 15) is 5.26 Å². The largest absolute Gasteiger partial charge is 0.256 e. The van der Waals surface area contributed by atoms with Crippen molar-refractivity contribution in [2.45, 2.75) is 0 Å². The van der Waals surface area contributed by atoms with Gasteiger partial charge in [0, 0.05) is 11.6 Å². The van der Waals surface area contributed by atoms with E-state index in [0.717, 1.165) is 31.7 Å². The highest BCUT2D eigenvalue weighted by Gasteiger charge is 2.08. The SMILES string of the molecule is N#CC(=Cc1ccc2ncccc2c1)c1nc2ccccc2s1. The van der Waals surface area contributed by atoms with Crippen molar-refractivity contribution < 1.29 is 0 Å². The quantitative estimate of drug-likeness (QED) is 0.494. The van der Waals surface area contributed by atoms with Crippen LogP contribution in [-0.2, 0) is 0 Å². The zero-order chi connectivity index (χ0) is 15.6. The summed E-state index contributed by atoms with van der Waals surface area (Å²) < 4.78 is 1.09. The Morgan fingerprint density at radius 2 is 1.96 bits per heavy atom. The number of pyridine rings is 1. The smallest absolute Gasteiger partial charge is 0.135 e. The first-order valence-electron chi connectivity index (χ1n) is 7.16. The topological polar surface area (TPSA) is 49.6 Å². The zero-order valence-corrected chi connectivity index (χ0v) is 12.9. The maximum absolute atomic E-state index is 9.52. The van der Waals surface area contributed by atoms with Crippen molar-refractivity contribution in [3.8, 4) is 6.07 Å². The molecule has 0 fully saturated rings. The van der Waals surface area contributed by atoms with Gasteiger partial charge in [0.25, 0.3) is 0 Å². The molecule has 4 aromatic rings. The summed E-state index contributed by atoms with van der Waals surface area (Å²) in [5.41, 5.74) is 3.43. The molecule has 3 nitrogen and oxygen atoms in total. The molecule has 4 rings (SSSR count). The van der Waals surface area contributed by atoms with Gasteiger partial charge >= 0.3 is 0 Å². The number of hydrogen-bond acceptors (Lipinski definition) is 4. The molecule has 0 N–H and O–H groups in total. The Labute approximate surface area is 137 Å². The van der Waals surface area contributed by atoms with Gasteiger partial charge in [-0.3, -0.25) is 4.98 Å². The molecule has 0 aliphatic heterocycles. The van der Waals surface area contributed by atoms with Gasteiger partial charge in [-0.2, -0.15) is 5.26 Å². The minimum Gasteiger partial charge on any atom is -0.256 e. The number of nitrogens with zero attached hydrogens (tertiary/aromatic N) is 3. The third-order valence-electron chi connectivity index (χ3n) is 3.58. The van der Waals surface area contributed by atoms with Crippen LogP contribution in [-0.4, -0.2) is 9.97 Å². The number of aromatic nitrogens is 2. The maximum Gasteiger partial charge on any atom is 0.135 e. The van der Waals surface area contributed by atoms with Crippen LogP contribution in [0, 0.1) is 11.3 Å². The van der Waals surface area contributed by atoms with E-state index >= 15 is 0 Å². The Morgan fingerprint density at radius 3 is 2.83 bits per heavy atom. The van der Waals surface area contributed by atoms with Gasteiger partial charge in [0.1, 0.15) is 11.1 Å². The number of allylic oxidation sites excluding steroid dienone is 1. The van der Waals surface area contributed by atoms with E-state index in [1.165, 1.54) is 11.3 Å². The van der Waals surface area contributed by atoms with E-state index < -0.39 is 0 Å². The van der Waals surface area contributed by atoms with Gasteiger partial charge in [-0.15, -0.1) is 11.3 Å². The van der Waals surface area contributed by atoms with Gasteiger partial charge in [0.05, 0.1) is 21.3 Å². The normalized spacial score (nSPS) is 11.7. The van der Waals surface area contributed by atoms with Gasteiger partial charge in [-0.25, -0.2) is 4.98 Å². The molecule has 0 amide bonds. The van der Waals surface area contributed by atoms with Crippen LogP contribution in [0.3, 0.4) is 0 Å². The first-order valence-corrected chi connectivity index (χ1v) is 7.98. The summed E-state index contributed by atoms with van der Waals surface area (Å²) in [4.78, 5) is 8.87. The summed E-state index contributed by atoms with van der Waals surface area (Å²) in [7, 11) is 0. The first-order chi connectivity index (χ1) is 11.3. The van der Waals surface area contributed by atoms with Crippen molar-refractivity contribution in [2.24, 2.45) is 0 Å². The van der Waals surface area contributed by atoms with Crippen molar-refractivity contribution in [2.75, 3.05) is 0 Å². The van der Waals surface area contributed by atoms with Crippen LogP contribution in [0.25, 0.3) is 32.8 Å². The van der Waals surface area contributed by atoms with Crippen LogP contribution in [0.2, 0.25) is 0 Å². The minimum atomic E-state index is 0.578. The summed E-state index contributed by atoms with van der Waals surface area (Å²) in [6, 6.07) is 20.1. The lowest BCUT2D eigenvalue weighted by atomic mass is 10.1. The molecule has 108 valence electrons. The molecule has 0 saturated carbocycles. The fraction of sp³-hybridized carbons (Fsp3) is 0. The second-order valence-corrected chi connectivity index (χ2v) is 6.14. The molecular weight excluding hydrogens is 302 g/mol. The maximum atomic E-state index is 9.52. The number of rotatable bonds is 2. The molecule has 2 aromatic carbocycles. The third kappa shape index (κ3) is 2.59. The highest BCUT2D eigenvalue weighted by atomic mass is 32.1. The van der Waals surface area contributed by atoms with Gasteiger partial charge < -0.3 is 0 Å². The molecule has 0 unspecified atom stereocenters. The molecule has 0 saturated heterocycles. The van der Waals surface area contributed by atoms with E-state index in [0.29, 0.717) is 5.57 Å². The molecule has 0 atom stereocenters. The van der Waals surface area contributed by atoms with E-state index in [4.69, 9.17) is 0 Å². The number of fused-ring (bicyclic) bond motifs is 2. The highest BCUT2D eigenvalue weighted by molar-refractivity contribution is 7.19. The van der Waals surface area contributed by atoms with Crippen LogP contribution < -0.4 is 0 Å². The fourth-order valence-corrected chi connectivity index (χ4v) is 3.41. The lowest BCUT2D eigenvalue weighted by Gasteiger charge is -1.99. The Bertz CT molecular complexity index is 1050. The summed E-state index contributed by atoms with van der Waals surface area (Å²) in [6.07, 6.45) is 3.66. The Balaban J connectivity index is 1.81. The number of para-hydroxylation sites is 1. The minimum absolute atomic E-state index is 0.578. The second-order valence-electron chi connectivity index (χ2n) is 5.11. The highest BCUT2D eigenvalue weighted by Crippen LogP contribution is 2.28. The van der Waals surface area contributed by atoms with Crippen LogP contribution in [0.5, 0.6) is 0 Å². The molecular formula is C19H11N3S. The molecule has 0 aliphatic rings. The predicted octanol–water partition coefficient (Wildman–Crippen LogP) is 4.91. The predicted molar refractivity (Wildman–Crippen MR) is 94.8 cm³/mol. The van der Waals surface area contributed by atoms with Crippen molar-refractivity contribution in [3.05, 3.63) is 71.4 Å². The summed E-state index contributed by atoms with van der Waals surface area (Å²) in [6.45, 7) is 0. The lowest BCUT2D eigenvalue weighted by Crippen LogP contribution is -1.82. The Kier molecular flexibility index (Phi) is 3.34. The van der Waals surface area contributed by atoms with E-state index in [-0.39, 0.29) is 0 Å². The monoisotopic (exact) mass is 313 g/mol. The number of hydrogen-bond donors (Lipinski definition) is 0. The third-order valence-corrected chi connectivity index (χ3v) is 4.65. The lowest BCUT2D eigenvalue weighted by molar-refractivity contribution is 1.41. The van der Waals surface area contributed by atoms with Crippen LogP contribution in [0.1, 0.15) is 10.6 Å². The van der Waals surface area contributed by atoms with Crippen LogP contribution >= 0.6 is 11.3 Å². The molecule has 2 aromatic heterocycles. The van der Waals surface area contributed by atoms with Crippen LogP contribution in [0.4, 0.5) is 0 Å². The van der Waals surface area contributed by atoms with Crippen molar-refractivity contribution >= 4 is 44.1 Å². The standard InChI is InChI=1S/C19H11N3S/c20-12-15(19-22-17-5-1-2-6-18(17)23-19)11-13-7-8-16-14(10-13)4-3-9-21-16/h1-11H. The van der Waals surface area contributed by atoms with Gasteiger partial charge in [-0.1, -0.05) is 24.3 Å². The molecule has 2 heterocycles. The van der Waals surface area contributed by atoms with Gasteiger partial charge in [0.15, 0.2) is 0 Å². The number of nitriles is 1.